The van der Waals surface area contributed by atoms with Crippen LogP contribution < -0.4 is 10.1 Å². The first-order chi connectivity index (χ1) is 13.9. The lowest BCUT2D eigenvalue weighted by atomic mass is 10.2. The molecule has 0 radical (unpaired) electrons. The van der Waals surface area contributed by atoms with Crippen LogP contribution in [0.1, 0.15) is 5.56 Å². The largest absolute Gasteiger partial charge is 0.483 e. The van der Waals surface area contributed by atoms with Crippen LogP contribution in [0.3, 0.4) is 0 Å². The van der Waals surface area contributed by atoms with Crippen molar-refractivity contribution in [3.8, 4) is 5.75 Å². The van der Waals surface area contributed by atoms with Crippen molar-refractivity contribution in [2.24, 2.45) is 4.99 Å². The van der Waals surface area contributed by atoms with Crippen LogP contribution in [0.4, 0.5) is 10.1 Å². The molecule has 29 heavy (non-hydrogen) atoms. The maximum Gasteiger partial charge on any atom is 0.266 e. The van der Waals surface area contributed by atoms with Gasteiger partial charge >= 0.3 is 0 Å². The summed E-state index contributed by atoms with van der Waals surface area (Å²) in [4.78, 5) is 30.4. The molecular formula is C20H17BrFN3O3S. The molecule has 1 fully saturated rings. The first-order valence-electron chi connectivity index (χ1n) is 8.49. The maximum atomic E-state index is 12.9. The van der Waals surface area contributed by atoms with Crippen molar-refractivity contribution in [1.82, 2.24) is 4.90 Å². The molecular weight excluding hydrogens is 461 g/mol. The number of ether oxygens (including phenoxy) is 1. The van der Waals surface area contributed by atoms with E-state index in [2.05, 4.69) is 26.2 Å². The van der Waals surface area contributed by atoms with Gasteiger partial charge in [0.05, 0.1) is 9.38 Å². The fraction of sp³-hybridized carbons (Fsp3) is 0.150. The van der Waals surface area contributed by atoms with Crippen molar-refractivity contribution < 1.29 is 18.7 Å². The van der Waals surface area contributed by atoms with Crippen LogP contribution in [0.5, 0.6) is 5.75 Å². The Morgan fingerprint density at radius 1 is 1.31 bits per heavy atom. The smallest absolute Gasteiger partial charge is 0.266 e. The van der Waals surface area contributed by atoms with E-state index in [1.54, 1.807) is 38.4 Å². The number of amidine groups is 1. The first-order valence-corrected chi connectivity index (χ1v) is 10.1. The number of halogens is 2. The molecule has 0 aliphatic carbocycles. The predicted octanol–water partition coefficient (Wildman–Crippen LogP) is 4.14. The minimum absolute atomic E-state index is 0.107. The maximum absolute atomic E-state index is 12.9. The van der Waals surface area contributed by atoms with Crippen molar-refractivity contribution in [2.45, 2.75) is 0 Å². The zero-order chi connectivity index (χ0) is 21.0. The number of hydrogen-bond donors (Lipinski definition) is 1. The molecule has 1 heterocycles. The SMILES string of the molecule is CN=C1S/C(=C\c2ccc(OCC(=O)Nc3ccc(F)cc3)c(Br)c2)C(=O)N1C. The minimum Gasteiger partial charge on any atom is -0.483 e. The number of rotatable bonds is 5. The van der Waals surface area contributed by atoms with Gasteiger partial charge in [0.15, 0.2) is 11.8 Å². The Morgan fingerprint density at radius 2 is 2.03 bits per heavy atom. The zero-order valence-corrected chi connectivity index (χ0v) is 18.0. The van der Waals surface area contributed by atoms with Gasteiger partial charge in [-0.1, -0.05) is 6.07 Å². The molecule has 0 bridgehead atoms. The van der Waals surface area contributed by atoms with Crippen molar-refractivity contribution in [3.63, 3.8) is 0 Å². The predicted molar refractivity (Wildman–Crippen MR) is 116 cm³/mol. The molecule has 0 spiro atoms. The standard InChI is InChI=1S/C20H17BrFN3O3S/c1-23-20-25(2)19(27)17(29-20)10-12-3-8-16(15(21)9-12)28-11-18(26)24-14-6-4-13(22)5-7-14/h3-10H,11H2,1-2H3,(H,24,26)/b17-10-,23-20?. The Hall–Kier alpha value is -2.65. The third kappa shape index (κ3) is 5.24. The van der Waals surface area contributed by atoms with Gasteiger partial charge in [-0.15, -0.1) is 0 Å². The summed E-state index contributed by atoms with van der Waals surface area (Å²) in [5.41, 5.74) is 1.29. The second-order valence-electron chi connectivity index (χ2n) is 6.01. The fourth-order valence-electron chi connectivity index (χ4n) is 2.50. The highest BCUT2D eigenvalue weighted by atomic mass is 79.9. The number of amides is 2. The lowest BCUT2D eigenvalue weighted by Gasteiger charge is -2.10. The first kappa shape index (κ1) is 21.1. The van der Waals surface area contributed by atoms with Crippen molar-refractivity contribution in [1.29, 1.82) is 0 Å². The highest BCUT2D eigenvalue weighted by molar-refractivity contribution is 9.10. The van der Waals surface area contributed by atoms with Gasteiger partial charge in [-0.05, 0) is 75.7 Å². The van der Waals surface area contributed by atoms with E-state index in [4.69, 9.17) is 4.74 Å². The molecule has 2 amide bonds. The van der Waals surface area contributed by atoms with E-state index < -0.39 is 0 Å². The van der Waals surface area contributed by atoms with E-state index in [-0.39, 0.29) is 24.2 Å². The minimum atomic E-state index is -0.374. The molecule has 2 aromatic carbocycles. The molecule has 0 aromatic heterocycles. The van der Waals surface area contributed by atoms with Gasteiger partial charge in [-0.3, -0.25) is 19.5 Å². The number of thioether (sulfide) groups is 1. The Morgan fingerprint density at radius 3 is 2.66 bits per heavy atom. The zero-order valence-electron chi connectivity index (χ0n) is 15.6. The van der Waals surface area contributed by atoms with E-state index in [1.807, 2.05) is 0 Å². The average Bonchev–Trinajstić information content (AvgIpc) is 2.97. The van der Waals surface area contributed by atoms with Gasteiger partial charge in [0, 0.05) is 19.8 Å². The number of nitrogens with zero attached hydrogens (tertiary/aromatic N) is 2. The van der Waals surface area contributed by atoms with E-state index in [0.717, 1.165) is 5.56 Å². The quantitative estimate of drug-likeness (QED) is 0.656. The van der Waals surface area contributed by atoms with Crippen molar-refractivity contribution in [3.05, 3.63) is 63.2 Å². The average molecular weight is 478 g/mol. The van der Waals surface area contributed by atoms with Gasteiger partial charge in [-0.25, -0.2) is 4.39 Å². The molecule has 150 valence electrons. The highest BCUT2D eigenvalue weighted by Crippen LogP contribution is 2.33. The number of nitrogens with one attached hydrogen (secondary N) is 1. The number of likely N-dealkylation sites (N-methyl/N-ethyl adjacent to an activating group) is 1. The van der Waals surface area contributed by atoms with Crippen LogP contribution in [-0.2, 0) is 9.59 Å². The molecule has 1 saturated heterocycles. The lowest BCUT2D eigenvalue weighted by Crippen LogP contribution is -2.23. The molecule has 3 rings (SSSR count). The van der Waals surface area contributed by atoms with E-state index in [9.17, 15) is 14.0 Å². The summed E-state index contributed by atoms with van der Waals surface area (Å²) < 4.78 is 19.1. The molecule has 6 nitrogen and oxygen atoms in total. The number of anilines is 1. The van der Waals surface area contributed by atoms with Gasteiger partial charge in [0.1, 0.15) is 11.6 Å². The topological polar surface area (TPSA) is 71.0 Å². The highest BCUT2D eigenvalue weighted by Gasteiger charge is 2.29. The lowest BCUT2D eigenvalue weighted by molar-refractivity contribution is -0.121. The van der Waals surface area contributed by atoms with Gasteiger partial charge < -0.3 is 10.1 Å². The Balaban J connectivity index is 1.62. The van der Waals surface area contributed by atoms with Crippen LogP contribution in [0.2, 0.25) is 0 Å². The second-order valence-corrected chi connectivity index (χ2v) is 7.88. The van der Waals surface area contributed by atoms with Gasteiger partial charge in [-0.2, -0.15) is 0 Å². The van der Waals surface area contributed by atoms with Gasteiger partial charge in [0.25, 0.3) is 11.8 Å². The molecule has 0 saturated carbocycles. The second kappa shape index (κ2) is 9.23. The van der Waals surface area contributed by atoms with E-state index in [0.29, 0.717) is 26.0 Å². The number of carbonyl (C=O) groups is 2. The third-order valence-corrected chi connectivity index (χ3v) is 5.71. The van der Waals surface area contributed by atoms with Crippen LogP contribution >= 0.6 is 27.7 Å². The molecule has 1 aliphatic heterocycles. The fourth-order valence-corrected chi connectivity index (χ4v) is 3.94. The number of hydrogen-bond acceptors (Lipinski definition) is 5. The van der Waals surface area contributed by atoms with Crippen LogP contribution in [-0.4, -0.2) is 42.6 Å². The van der Waals surface area contributed by atoms with E-state index >= 15 is 0 Å². The number of carbonyl (C=O) groups excluding carboxylic acids is 2. The Bertz CT molecular complexity index is 1010. The summed E-state index contributed by atoms with van der Waals surface area (Å²) in [7, 11) is 3.33. The molecule has 0 unspecified atom stereocenters. The summed E-state index contributed by atoms with van der Waals surface area (Å²) in [6, 6.07) is 10.8. The molecule has 1 aliphatic rings. The van der Waals surface area contributed by atoms with Crippen molar-refractivity contribution in [2.75, 3.05) is 26.0 Å². The van der Waals surface area contributed by atoms with E-state index in [1.165, 1.54) is 40.9 Å². The third-order valence-electron chi connectivity index (χ3n) is 3.94. The Labute approximate surface area is 180 Å². The molecule has 0 atom stereocenters. The summed E-state index contributed by atoms with van der Waals surface area (Å²) in [5.74, 6) is -0.359. The molecule has 2 aromatic rings. The Kier molecular flexibility index (Phi) is 6.71. The molecule has 9 heteroatoms. The monoisotopic (exact) mass is 477 g/mol. The summed E-state index contributed by atoms with van der Waals surface area (Å²) in [6.45, 7) is -0.203. The number of aliphatic imine (C=N–C) groups is 1. The summed E-state index contributed by atoms with van der Waals surface area (Å²) in [6.07, 6.45) is 1.78. The summed E-state index contributed by atoms with van der Waals surface area (Å²) in [5, 5.41) is 3.27. The van der Waals surface area contributed by atoms with Crippen LogP contribution in [0, 0.1) is 5.82 Å². The number of benzene rings is 2. The van der Waals surface area contributed by atoms with Crippen LogP contribution in [0.25, 0.3) is 6.08 Å². The molecule has 1 N–H and O–H groups in total. The van der Waals surface area contributed by atoms with Crippen molar-refractivity contribution >= 4 is 56.4 Å². The normalized spacial score (nSPS) is 16.6. The summed E-state index contributed by atoms with van der Waals surface area (Å²) >= 11 is 4.73. The van der Waals surface area contributed by atoms with Gasteiger partial charge in [0.2, 0.25) is 0 Å². The van der Waals surface area contributed by atoms with Crippen LogP contribution in [0.15, 0.2) is 56.8 Å².